The fraction of sp³-hybridized carbons (Fsp3) is 0.143. The average molecular weight is 354 g/mol. The summed E-state index contributed by atoms with van der Waals surface area (Å²) in [5.41, 5.74) is 1.28. The molecule has 0 aliphatic carbocycles. The van der Waals surface area contributed by atoms with Gasteiger partial charge in [-0.2, -0.15) is 5.26 Å². The molecule has 102 valence electrons. The van der Waals surface area contributed by atoms with Gasteiger partial charge < -0.3 is 4.74 Å². The van der Waals surface area contributed by atoms with E-state index in [0.29, 0.717) is 26.4 Å². The molecular weight excluding hydrogens is 345 g/mol. The molecule has 1 heterocycles. The van der Waals surface area contributed by atoms with E-state index in [0.717, 1.165) is 0 Å². The SMILES string of the molecule is CCOC(=O)c1cc(-c2ccc(C#N)c(F)c2)c(Br)s1. The maximum Gasteiger partial charge on any atom is 0.348 e. The van der Waals surface area contributed by atoms with Crippen LogP contribution in [0.15, 0.2) is 28.1 Å². The van der Waals surface area contributed by atoms with E-state index in [9.17, 15) is 9.18 Å². The first-order valence-corrected chi connectivity index (χ1v) is 7.34. The third-order valence-corrected chi connectivity index (χ3v) is 4.38. The van der Waals surface area contributed by atoms with Crippen molar-refractivity contribution in [3.63, 3.8) is 0 Å². The number of halogens is 2. The molecule has 1 aromatic heterocycles. The minimum atomic E-state index is -0.583. The zero-order chi connectivity index (χ0) is 14.7. The molecule has 0 N–H and O–H groups in total. The Hall–Kier alpha value is -1.71. The summed E-state index contributed by atoms with van der Waals surface area (Å²) in [6.45, 7) is 2.03. The second-order valence-corrected chi connectivity index (χ2v) is 6.20. The minimum absolute atomic E-state index is 0.00859. The Kier molecular flexibility index (Phi) is 4.53. The third kappa shape index (κ3) is 2.89. The van der Waals surface area contributed by atoms with Crippen molar-refractivity contribution < 1.29 is 13.9 Å². The summed E-state index contributed by atoms with van der Waals surface area (Å²) >= 11 is 4.58. The minimum Gasteiger partial charge on any atom is -0.462 e. The maximum atomic E-state index is 13.6. The Morgan fingerprint density at radius 2 is 2.25 bits per heavy atom. The molecule has 0 atom stereocenters. The number of esters is 1. The Morgan fingerprint density at radius 3 is 2.85 bits per heavy atom. The molecule has 2 aromatic rings. The monoisotopic (exact) mass is 353 g/mol. The van der Waals surface area contributed by atoms with Gasteiger partial charge in [0.15, 0.2) is 0 Å². The highest BCUT2D eigenvalue weighted by Crippen LogP contribution is 2.36. The lowest BCUT2D eigenvalue weighted by atomic mass is 10.1. The average Bonchev–Trinajstić information content (AvgIpc) is 2.81. The molecule has 0 aliphatic rings. The molecule has 0 saturated carbocycles. The first kappa shape index (κ1) is 14.7. The molecule has 2 rings (SSSR count). The van der Waals surface area contributed by atoms with Crippen LogP contribution in [0.1, 0.15) is 22.2 Å². The number of hydrogen-bond acceptors (Lipinski definition) is 4. The van der Waals surface area contributed by atoms with E-state index in [4.69, 9.17) is 10.00 Å². The topological polar surface area (TPSA) is 50.1 Å². The number of carbonyl (C=O) groups excluding carboxylic acids is 1. The molecule has 1 aromatic carbocycles. The number of hydrogen-bond donors (Lipinski definition) is 0. The second kappa shape index (κ2) is 6.16. The van der Waals surface area contributed by atoms with Gasteiger partial charge in [0.2, 0.25) is 0 Å². The predicted molar refractivity (Wildman–Crippen MR) is 78.1 cm³/mol. The number of thiophene rings is 1. The van der Waals surface area contributed by atoms with Crippen LogP contribution < -0.4 is 0 Å². The van der Waals surface area contributed by atoms with Gasteiger partial charge in [0.1, 0.15) is 16.8 Å². The highest BCUT2D eigenvalue weighted by molar-refractivity contribution is 9.11. The summed E-state index contributed by atoms with van der Waals surface area (Å²) in [5.74, 6) is -0.987. The van der Waals surface area contributed by atoms with Gasteiger partial charge in [0.05, 0.1) is 16.0 Å². The van der Waals surface area contributed by atoms with Crippen molar-refractivity contribution >= 4 is 33.2 Å². The van der Waals surface area contributed by atoms with Crippen LogP contribution >= 0.6 is 27.3 Å². The van der Waals surface area contributed by atoms with Crippen LogP contribution in [0, 0.1) is 17.1 Å². The first-order chi connectivity index (χ1) is 9.56. The quantitative estimate of drug-likeness (QED) is 0.770. The highest BCUT2D eigenvalue weighted by atomic mass is 79.9. The Labute approximate surface area is 127 Å². The van der Waals surface area contributed by atoms with E-state index in [1.165, 1.54) is 23.5 Å². The van der Waals surface area contributed by atoms with Gasteiger partial charge in [0, 0.05) is 5.56 Å². The summed E-state index contributed by atoms with van der Waals surface area (Å²) < 4.78 is 19.3. The maximum absolute atomic E-state index is 13.6. The van der Waals surface area contributed by atoms with Gasteiger partial charge >= 0.3 is 5.97 Å². The number of carbonyl (C=O) groups is 1. The van der Waals surface area contributed by atoms with E-state index >= 15 is 0 Å². The van der Waals surface area contributed by atoms with Crippen molar-refractivity contribution in [3.05, 3.63) is 44.3 Å². The number of rotatable bonds is 3. The number of benzene rings is 1. The van der Waals surface area contributed by atoms with E-state index in [1.54, 1.807) is 25.1 Å². The van der Waals surface area contributed by atoms with Gasteiger partial charge in [0.25, 0.3) is 0 Å². The molecule has 0 bridgehead atoms. The predicted octanol–water partition coefficient (Wildman–Crippen LogP) is 4.37. The lowest BCUT2D eigenvalue weighted by Gasteiger charge is -2.00. The first-order valence-electron chi connectivity index (χ1n) is 5.73. The van der Waals surface area contributed by atoms with Crippen LogP contribution in [-0.4, -0.2) is 12.6 Å². The number of ether oxygens (including phenoxy) is 1. The lowest BCUT2D eigenvalue weighted by molar-refractivity contribution is 0.0532. The Morgan fingerprint density at radius 1 is 1.50 bits per heavy atom. The molecular formula is C14H9BrFNO2S. The lowest BCUT2D eigenvalue weighted by Crippen LogP contribution is -2.01. The van der Waals surface area contributed by atoms with E-state index < -0.39 is 11.8 Å². The van der Waals surface area contributed by atoms with Gasteiger partial charge in [-0.15, -0.1) is 11.3 Å². The molecule has 0 spiro atoms. The summed E-state index contributed by atoms with van der Waals surface area (Å²) in [6.07, 6.45) is 0. The molecule has 0 fully saturated rings. The van der Waals surface area contributed by atoms with Crippen LogP contribution in [0.5, 0.6) is 0 Å². The zero-order valence-electron chi connectivity index (χ0n) is 10.4. The van der Waals surface area contributed by atoms with Crippen molar-refractivity contribution in [1.82, 2.24) is 0 Å². The number of nitriles is 1. The molecule has 0 saturated heterocycles. The molecule has 0 amide bonds. The van der Waals surface area contributed by atoms with Crippen LogP contribution in [-0.2, 0) is 4.74 Å². The highest BCUT2D eigenvalue weighted by Gasteiger charge is 2.16. The molecule has 3 nitrogen and oxygen atoms in total. The summed E-state index contributed by atoms with van der Waals surface area (Å²) in [5, 5.41) is 8.71. The van der Waals surface area contributed by atoms with Crippen LogP contribution in [0.25, 0.3) is 11.1 Å². The van der Waals surface area contributed by atoms with Gasteiger partial charge in [-0.25, -0.2) is 9.18 Å². The van der Waals surface area contributed by atoms with Crippen molar-refractivity contribution in [2.24, 2.45) is 0 Å². The summed E-state index contributed by atoms with van der Waals surface area (Å²) in [4.78, 5) is 12.1. The molecule has 0 aliphatic heterocycles. The third-order valence-electron chi connectivity index (χ3n) is 2.56. The number of nitrogens with zero attached hydrogens (tertiary/aromatic N) is 1. The van der Waals surface area contributed by atoms with E-state index in [-0.39, 0.29) is 5.56 Å². The zero-order valence-corrected chi connectivity index (χ0v) is 12.8. The fourth-order valence-electron chi connectivity index (χ4n) is 1.64. The van der Waals surface area contributed by atoms with Gasteiger partial charge in [-0.3, -0.25) is 0 Å². The van der Waals surface area contributed by atoms with Crippen LogP contribution in [0.2, 0.25) is 0 Å². The summed E-state index contributed by atoms with van der Waals surface area (Å²) in [7, 11) is 0. The van der Waals surface area contributed by atoms with Gasteiger partial charge in [-0.05, 0) is 46.6 Å². The van der Waals surface area contributed by atoms with E-state index in [1.807, 2.05) is 0 Å². The summed E-state index contributed by atoms with van der Waals surface area (Å²) in [6, 6.07) is 7.75. The standard InChI is InChI=1S/C14H9BrFNO2S/c1-2-19-14(18)12-6-10(13(15)20-12)8-3-4-9(7-17)11(16)5-8/h3-6H,2H2,1H3. The van der Waals surface area contributed by atoms with Gasteiger partial charge in [-0.1, -0.05) is 6.07 Å². The van der Waals surface area contributed by atoms with Crippen LogP contribution in [0.4, 0.5) is 4.39 Å². The van der Waals surface area contributed by atoms with Crippen molar-refractivity contribution in [1.29, 1.82) is 5.26 Å². The van der Waals surface area contributed by atoms with Crippen molar-refractivity contribution in [2.75, 3.05) is 6.61 Å². The Bertz CT molecular complexity index is 706. The fourth-order valence-corrected chi connectivity index (χ4v) is 3.31. The Balaban J connectivity index is 2.41. The van der Waals surface area contributed by atoms with Crippen LogP contribution in [0.3, 0.4) is 0 Å². The molecule has 6 heteroatoms. The largest absolute Gasteiger partial charge is 0.462 e. The van der Waals surface area contributed by atoms with E-state index in [2.05, 4.69) is 15.9 Å². The van der Waals surface area contributed by atoms with Crippen molar-refractivity contribution in [2.45, 2.75) is 6.92 Å². The van der Waals surface area contributed by atoms with Crippen molar-refractivity contribution in [3.8, 4) is 17.2 Å². The molecule has 0 radical (unpaired) electrons. The smallest absolute Gasteiger partial charge is 0.348 e. The molecule has 20 heavy (non-hydrogen) atoms. The second-order valence-electron chi connectivity index (χ2n) is 3.82. The molecule has 0 unspecified atom stereocenters. The normalized spacial score (nSPS) is 10.1.